The van der Waals surface area contributed by atoms with E-state index < -0.39 is 0 Å². The Morgan fingerprint density at radius 3 is 2.38 bits per heavy atom. The Morgan fingerprint density at radius 2 is 1.92 bits per heavy atom. The highest BCUT2D eigenvalue weighted by Gasteiger charge is 2.43. The smallest absolute Gasteiger partial charge is 0.0831 e. The van der Waals surface area contributed by atoms with Gasteiger partial charge in [0, 0.05) is 18.5 Å². The minimum Gasteiger partial charge on any atom is -0.373 e. The molecule has 76 valence electrons. The van der Waals surface area contributed by atoms with Gasteiger partial charge in [-0.3, -0.25) is 4.90 Å². The predicted molar refractivity (Wildman–Crippen MR) is 53.9 cm³/mol. The number of piperidine rings is 1. The summed E-state index contributed by atoms with van der Waals surface area (Å²) in [5.74, 6) is 0. The SMILES string of the molecule is CC(C)(C)N1CCC[C@]2(CCO2)C1. The van der Waals surface area contributed by atoms with Crippen molar-refractivity contribution in [2.45, 2.75) is 51.2 Å². The Bertz CT molecular complexity index is 191. The predicted octanol–water partition coefficient (Wildman–Crippen LogP) is 2.04. The molecular formula is C11H21NO. The van der Waals surface area contributed by atoms with Gasteiger partial charge in [0.1, 0.15) is 0 Å². The Hall–Kier alpha value is -0.0800. The maximum absolute atomic E-state index is 5.74. The molecule has 2 heteroatoms. The quantitative estimate of drug-likeness (QED) is 0.570. The minimum absolute atomic E-state index is 0.255. The summed E-state index contributed by atoms with van der Waals surface area (Å²) in [6.07, 6.45) is 3.86. The van der Waals surface area contributed by atoms with E-state index in [0.29, 0.717) is 5.54 Å². The zero-order valence-corrected chi connectivity index (χ0v) is 9.10. The summed E-state index contributed by atoms with van der Waals surface area (Å²) in [6, 6.07) is 0. The average molecular weight is 183 g/mol. The molecule has 2 saturated heterocycles. The van der Waals surface area contributed by atoms with Crippen LogP contribution in [0.25, 0.3) is 0 Å². The van der Waals surface area contributed by atoms with E-state index >= 15 is 0 Å². The average Bonchev–Trinajstić information content (AvgIpc) is 2.00. The van der Waals surface area contributed by atoms with Crippen molar-refractivity contribution in [3.05, 3.63) is 0 Å². The highest BCUT2D eigenvalue weighted by molar-refractivity contribution is 4.96. The Balaban J connectivity index is 2.00. The molecule has 2 aliphatic heterocycles. The lowest BCUT2D eigenvalue weighted by atomic mass is 9.84. The van der Waals surface area contributed by atoms with Crippen LogP contribution in [0.4, 0.5) is 0 Å². The number of hydrogen-bond donors (Lipinski definition) is 0. The molecule has 2 fully saturated rings. The van der Waals surface area contributed by atoms with Crippen molar-refractivity contribution in [1.29, 1.82) is 0 Å². The van der Waals surface area contributed by atoms with E-state index in [0.717, 1.165) is 13.2 Å². The molecule has 1 spiro atoms. The number of likely N-dealkylation sites (tertiary alicyclic amines) is 1. The van der Waals surface area contributed by atoms with E-state index in [9.17, 15) is 0 Å². The molecule has 13 heavy (non-hydrogen) atoms. The van der Waals surface area contributed by atoms with Gasteiger partial charge in [0.25, 0.3) is 0 Å². The third-order valence-electron chi connectivity index (χ3n) is 3.45. The Labute approximate surface area is 81.3 Å². The van der Waals surface area contributed by atoms with Crippen LogP contribution in [0.1, 0.15) is 40.0 Å². The van der Waals surface area contributed by atoms with Gasteiger partial charge in [-0.2, -0.15) is 0 Å². The van der Waals surface area contributed by atoms with Crippen molar-refractivity contribution >= 4 is 0 Å². The lowest BCUT2D eigenvalue weighted by Gasteiger charge is -2.52. The van der Waals surface area contributed by atoms with Crippen LogP contribution in [0.2, 0.25) is 0 Å². The fraction of sp³-hybridized carbons (Fsp3) is 1.00. The molecule has 1 atom stereocenters. The van der Waals surface area contributed by atoms with Crippen LogP contribution in [0.15, 0.2) is 0 Å². The second kappa shape index (κ2) is 2.96. The summed E-state index contributed by atoms with van der Waals surface area (Å²) in [7, 11) is 0. The first-order valence-corrected chi connectivity index (χ1v) is 5.41. The highest BCUT2D eigenvalue weighted by atomic mass is 16.5. The first-order valence-electron chi connectivity index (χ1n) is 5.41. The summed E-state index contributed by atoms with van der Waals surface area (Å²) in [5.41, 5.74) is 0.567. The molecule has 0 amide bonds. The third-order valence-corrected chi connectivity index (χ3v) is 3.45. The number of hydrogen-bond acceptors (Lipinski definition) is 2. The van der Waals surface area contributed by atoms with Crippen LogP contribution in [0.5, 0.6) is 0 Å². The molecule has 0 saturated carbocycles. The minimum atomic E-state index is 0.255. The van der Waals surface area contributed by atoms with E-state index in [-0.39, 0.29) is 5.60 Å². The summed E-state index contributed by atoms with van der Waals surface area (Å²) < 4.78 is 5.74. The van der Waals surface area contributed by atoms with Gasteiger partial charge in [-0.1, -0.05) is 0 Å². The fourth-order valence-corrected chi connectivity index (χ4v) is 2.38. The van der Waals surface area contributed by atoms with Gasteiger partial charge >= 0.3 is 0 Å². The molecule has 0 aromatic rings. The van der Waals surface area contributed by atoms with Crippen LogP contribution < -0.4 is 0 Å². The molecule has 0 aliphatic carbocycles. The molecule has 0 radical (unpaired) electrons. The van der Waals surface area contributed by atoms with Crippen molar-refractivity contribution in [2.24, 2.45) is 0 Å². The van der Waals surface area contributed by atoms with Crippen molar-refractivity contribution in [3.63, 3.8) is 0 Å². The van der Waals surface area contributed by atoms with Gasteiger partial charge in [-0.05, 0) is 40.2 Å². The molecule has 0 N–H and O–H groups in total. The van der Waals surface area contributed by atoms with Gasteiger partial charge in [-0.15, -0.1) is 0 Å². The molecule has 0 bridgehead atoms. The first kappa shape index (κ1) is 9.47. The van der Waals surface area contributed by atoms with Crippen molar-refractivity contribution < 1.29 is 4.74 Å². The summed E-state index contributed by atoms with van der Waals surface area (Å²) in [5, 5.41) is 0. The number of nitrogens with zero attached hydrogens (tertiary/aromatic N) is 1. The van der Waals surface area contributed by atoms with E-state index in [1.165, 1.54) is 25.8 Å². The monoisotopic (exact) mass is 183 g/mol. The number of ether oxygens (including phenoxy) is 1. The lowest BCUT2D eigenvalue weighted by molar-refractivity contribution is -0.185. The van der Waals surface area contributed by atoms with Crippen LogP contribution in [-0.2, 0) is 4.74 Å². The van der Waals surface area contributed by atoms with E-state index in [4.69, 9.17) is 4.74 Å². The van der Waals surface area contributed by atoms with Crippen LogP contribution >= 0.6 is 0 Å². The molecule has 2 heterocycles. The van der Waals surface area contributed by atoms with Gasteiger partial charge in [0.2, 0.25) is 0 Å². The van der Waals surface area contributed by atoms with E-state index in [2.05, 4.69) is 25.7 Å². The van der Waals surface area contributed by atoms with Crippen molar-refractivity contribution in [1.82, 2.24) is 4.90 Å². The maximum atomic E-state index is 5.74. The molecule has 0 aromatic heterocycles. The largest absolute Gasteiger partial charge is 0.373 e. The zero-order chi connectivity index (χ0) is 9.53. The number of rotatable bonds is 0. The summed E-state index contributed by atoms with van der Waals surface area (Å²) in [6.45, 7) is 10.3. The van der Waals surface area contributed by atoms with Gasteiger partial charge in [-0.25, -0.2) is 0 Å². The summed E-state index contributed by atoms with van der Waals surface area (Å²) in [4.78, 5) is 2.57. The maximum Gasteiger partial charge on any atom is 0.0831 e. The van der Waals surface area contributed by atoms with E-state index in [1.54, 1.807) is 0 Å². The zero-order valence-electron chi connectivity index (χ0n) is 9.10. The van der Waals surface area contributed by atoms with Crippen molar-refractivity contribution in [2.75, 3.05) is 19.7 Å². The molecule has 2 nitrogen and oxygen atoms in total. The normalized spacial score (nSPS) is 36.2. The molecular weight excluding hydrogens is 162 g/mol. The molecule has 0 aromatic carbocycles. The fourth-order valence-electron chi connectivity index (χ4n) is 2.38. The van der Waals surface area contributed by atoms with Gasteiger partial charge < -0.3 is 4.74 Å². The van der Waals surface area contributed by atoms with Gasteiger partial charge in [0.05, 0.1) is 12.2 Å². The third kappa shape index (κ3) is 1.75. The van der Waals surface area contributed by atoms with Crippen LogP contribution in [0, 0.1) is 0 Å². The molecule has 2 aliphatic rings. The second-order valence-corrected chi connectivity index (χ2v) is 5.48. The highest BCUT2D eigenvalue weighted by Crippen LogP contribution is 2.37. The molecule has 2 rings (SSSR count). The second-order valence-electron chi connectivity index (χ2n) is 5.48. The van der Waals surface area contributed by atoms with Crippen LogP contribution in [-0.4, -0.2) is 35.7 Å². The summed E-state index contributed by atoms with van der Waals surface area (Å²) >= 11 is 0. The topological polar surface area (TPSA) is 12.5 Å². The van der Waals surface area contributed by atoms with Crippen molar-refractivity contribution in [3.8, 4) is 0 Å². The van der Waals surface area contributed by atoms with Crippen LogP contribution in [0.3, 0.4) is 0 Å². The Morgan fingerprint density at radius 1 is 1.23 bits per heavy atom. The standard InChI is InChI=1S/C11H21NO/c1-10(2,3)12-7-4-5-11(9-12)6-8-13-11/h4-9H2,1-3H3/t11-/m0/s1. The Kier molecular flexibility index (Phi) is 2.16. The first-order chi connectivity index (χ1) is 6.02. The molecule has 0 unspecified atom stereocenters. The van der Waals surface area contributed by atoms with Gasteiger partial charge in [0.15, 0.2) is 0 Å². The van der Waals surface area contributed by atoms with E-state index in [1.807, 2.05) is 0 Å². The lowest BCUT2D eigenvalue weighted by Crippen LogP contribution is -2.59.